The van der Waals surface area contributed by atoms with E-state index in [-0.39, 0.29) is 6.61 Å². The van der Waals surface area contributed by atoms with Crippen molar-refractivity contribution in [2.75, 3.05) is 26.2 Å². The Kier molecular flexibility index (Phi) is 3.83. The Morgan fingerprint density at radius 1 is 1.45 bits per heavy atom. The molecule has 1 saturated heterocycles. The van der Waals surface area contributed by atoms with Crippen molar-refractivity contribution in [2.24, 2.45) is 5.73 Å². The second kappa shape index (κ2) is 4.70. The van der Waals surface area contributed by atoms with Gasteiger partial charge in [-0.25, -0.2) is 0 Å². The highest BCUT2D eigenvalue weighted by Gasteiger charge is 2.19. The van der Waals surface area contributed by atoms with Gasteiger partial charge >= 0.3 is 0 Å². The lowest BCUT2D eigenvalue weighted by Crippen LogP contribution is -2.45. The molecule has 0 aliphatic carbocycles. The first kappa shape index (κ1) is 8.97. The van der Waals surface area contributed by atoms with E-state index in [1.807, 2.05) is 0 Å². The zero-order valence-corrected chi connectivity index (χ0v) is 7.00. The summed E-state index contributed by atoms with van der Waals surface area (Å²) in [7, 11) is 0. The van der Waals surface area contributed by atoms with E-state index in [9.17, 15) is 0 Å². The maximum absolute atomic E-state index is 8.75. The molecule has 3 heteroatoms. The quantitative estimate of drug-likeness (QED) is 0.597. The molecule has 1 aliphatic rings. The zero-order valence-electron chi connectivity index (χ0n) is 7.00. The SMILES string of the molecule is NC[C@H]1CCCCN1CCO. The number of likely N-dealkylation sites (tertiary alicyclic amines) is 1. The summed E-state index contributed by atoms with van der Waals surface area (Å²) >= 11 is 0. The van der Waals surface area contributed by atoms with Crippen LogP contribution in [-0.4, -0.2) is 42.3 Å². The smallest absolute Gasteiger partial charge is 0.0558 e. The van der Waals surface area contributed by atoms with Crippen molar-refractivity contribution >= 4 is 0 Å². The van der Waals surface area contributed by atoms with E-state index in [0.29, 0.717) is 6.04 Å². The van der Waals surface area contributed by atoms with Gasteiger partial charge in [0.2, 0.25) is 0 Å². The maximum Gasteiger partial charge on any atom is 0.0558 e. The van der Waals surface area contributed by atoms with Crippen LogP contribution in [0.4, 0.5) is 0 Å². The van der Waals surface area contributed by atoms with Crippen molar-refractivity contribution < 1.29 is 5.11 Å². The molecule has 0 amide bonds. The molecule has 3 nitrogen and oxygen atoms in total. The van der Waals surface area contributed by atoms with Gasteiger partial charge in [0.05, 0.1) is 6.61 Å². The van der Waals surface area contributed by atoms with Gasteiger partial charge in [0.25, 0.3) is 0 Å². The summed E-state index contributed by atoms with van der Waals surface area (Å²) in [5.74, 6) is 0. The number of nitrogens with zero attached hydrogens (tertiary/aromatic N) is 1. The number of aliphatic hydroxyl groups excluding tert-OH is 1. The molecule has 1 aliphatic heterocycles. The molecule has 1 atom stereocenters. The van der Waals surface area contributed by atoms with Crippen molar-refractivity contribution in [2.45, 2.75) is 25.3 Å². The van der Waals surface area contributed by atoms with Gasteiger partial charge in [0, 0.05) is 19.1 Å². The Balaban J connectivity index is 2.31. The fourth-order valence-corrected chi connectivity index (χ4v) is 1.75. The number of β-amino-alcohol motifs (C(OH)–C–C–N with tert-alkyl or cyclic N) is 1. The molecule has 3 N–H and O–H groups in total. The van der Waals surface area contributed by atoms with Crippen LogP contribution in [-0.2, 0) is 0 Å². The summed E-state index contributed by atoms with van der Waals surface area (Å²) < 4.78 is 0. The molecule has 0 aromatic rings. The number of hydrogen-bond acceptors (Lipinski definition) is 3. The van der Waals surface area contributed by atoms with E-state index in [0.717, 1.165) is 19.6 Å². The molecular weight excluding hydrogens is 140 g/mol. The summed E-state index contributed by atoms with van der Waals surface area (Å²) in [4.78, 5) is 2.30. The highest BCUT2D eigenvalue weighted by molar-refractivity contribution is 4.76. The van der Waals surface area contributed by atoms with E-state index >= 15 is 0 Å². The molecule has 1 heterocycles. The van der Waals surface area contributed by atoms with Crippen molar-refractivity contribution in [3.8, 4) is 0 Å². The van der Waals surface area contributed by atoms with Gasteiger partial charge in [-0.05, 0) is 19.4 Å². The number of nitrogens with two attached hydrogens (primary N) is 1. The van der Waals surface area contributed by atoms with Crippen LogP contribution in [0.25, 0.3) is 0 Å². The first-order valence-electron chi connectivity index (χ1n) is 4.43. The Morgan fingerprint density at radius 2 is 2.27 bits per heavy atom. The fourth-order valence-electron chi connectivity index (χ4n) is 1.75. The molecule has 11 heavy (non-hydrogen) atoms. The molecule has 0 saturated carbocycles. The van der Waals surface area contributed by atoms with E-state index in [4.69, 9.17) is 10.8 Å². The standard InChI is InChI=1S/C8H18N2O/c9-7-8-3-1-2-4-10(8)5-6-11/h8,11H,1-7,9H2/t8-/m1/s1. The number of rotatable bonds is 3. The topological polar surface area (TPSA) is 49.5 Å². The Bertz CT molecular complexity index is 106. The summed E-state index contributed by atoms with van der Waals surface area (Å²) in [6, 6.07) is 0.524. The average Bonchev–Trinajstić information content (AvgIpc) is 2.06. The Morgan fingerprint density at radius 3 is 2.91 bits per heavy atom. The van der Waals surface area contributed by atoms with Crippen LogP contribution in [0.2, 0.25) is 0 Å². The first-order chi connectivity index (χ1) is 5.38. The Labute approximate surface area is 68.2 Å². The third-order valence-electron chi connectivity index (χ3n) is 2.41. The lowest BCUT2D eigenvalue weighted by molar-refractivity contribution is 0.121. The summed E-state index contributed by atoms with van der Waals surface area (Å²) in [5.41, 5.74) is 5.60. The van der Waals surface area contributed by atoms with E-state index in [2.05, 4.69) is 4.90 Å². The molecular formula is C8H18N2O. The minimum atomic E-state index is 0.260. The normalized spacial score (nSPS) is 27.3. The van der Waals surface area contributed by atoms with Crippen LogP contribution in [0.3, 0.4) is 0 Å². The third kappa shape index (κ3) is 2.43. The second-order valence-corrected chi connectivity index (χ2v) is 3.14. The molecule has 0 aromatic carbocycles. The van der Waals surface area contributed by atoms with E-state index in [1.165, 1.54) is 19.3 Å². The third-order valence-corrected chi connectivity index (χ3v) is 2.41. The van der Waals surface area contributed by atoms with Crippen LogP contribution in [0.15, 0.2) is 0 Å². The van der Waals surface area contributed by atoms with Crippen molar-refractivity contribution in [1.29, 1.82) is 0 Å². The molecule has 0 bridgehead atoms. The molecule has 0 radical (unpaired) electrons. The molecule has 1 fully saturated rings. The van der Waals surface area contributed by atoms with E-state index in [1.54, 1.807) is 0 Å². The number of hydrogen-bond donors (Lipinski definition) is 2. The van der Waals surface area contributed by atoms with Gasteiger partial charge in [-0.15, -0.1) is 0 Å². The van der Waals surface area contributed by atoms with Crippen LogP contribution in [0, 0.1) is 0 Å². The monoisotopic (exact) mass is 158 g/mol. The predicted octanol–water partition coefficient (Wildman–Crippen LogP) is -0.208. The van der Waals surface area contributed by atoms with Gasteiger partial charge in [0.15, 0.2) is 0 Å². The largest absolute Gasteiger partial charge is 0.395 e. The lowest BCUT2D eigenvalue weighted by Gasteiger charge is -2.34. The van der Waals surface area contributed by atoms with Gasteiger partial charge in [-0.1, -0.05) is 6.42 Å². The van der Waals surface area contributed by atoms with Crippen LogP contribution in [0.1, 0.15) is 19.3 Å². The van der Waals surface area contributed by atoms with Gasteiger partial charge in [-0.3, -0.25) is 4.90 Å². The first-order valence-corrected chi connectivity index (χ1v) is 4.43. The van der Waals surface area contributed by atoms with Crippen molar-refractivity contribution in [3.05, 3.63) is 0 Å². The Hall–Kier alpha value is -0.120. The molecule has 0 aromatic heterocycles. The summed E-state index contributed by atoms with van der Waals surface area (Å²) in [6.45, 7) is 2.90. The molecule has 0 unspecified atom stereocenters. The van der Waals surface area contributed by atoms with Gasteiger partial charge < -0.3 is 10.8 Å². The number of piperidine rings is 1. The molecule has 1 rings (SSSR count). The lowest BCUT2D eigenvalue weighted by atomic mass is 10.0. The summed E-state index contributed by atoms with van der Waals surface area (Å²) in [5, 5.41) is 8.75. The van der Waals surface area contributed by atoms with Crippen molar-refractivity contribution in [1.82, 2.24) is 4.90 Å². The predicted molar refractivity (Wildman–Crippen MR) is 45.4 cm³/mol. The second-order valence-electron chi connectivity index (χ2n) is 3.14. The van der Waals surface area contributed by atoms with Crippen LogP contribution >= 0.6 is 0 Å². The molecule has 66 valence electrons. The highest BCUT2D eigenvalue weighted by atomic mass is 16.3. The van der Waals surface area contributed by atoms with Crippen LogP contribution < -0.4 is 5.73 Å². The minimum Gasteiger partial charge on any atom is -0.395 e. The average molecular weight is 158 g/mol. The van der Waals surface area contributed by atoms with Crippen LogP contribution in [0.5, 0.6) is 0 Å². The van der Waals surface area contributed by atoms with Gasteiger partial charge in [0.1, 0.15) is 0 Å². The molecule has 0 spiro atoms. The fraction of sp³-hybridized carbons (Fsp3) is 1.00. The number of aliphatic hydroxyl groups is 1. The minimum absolute atomic E-state index is 0.260. The zero-order chi connectivity index (χ0) is 8.10. The summed E-state index contributed by atoms with van der Waals surface area (Å²) in [6.07, 6.45) is 3.76. The van der Waals surface area contributed by atoms with E-state index < -0.39 is 0 Å². The highest BCUT2D eigenvalue weighted by Crippen LogP contribution is 2.14. The maximum atomic E-state index is 8.75. The van der Waals surface area contributed by atoms with Gasteiger partial charge in [-0.2, -0.15) is 0 Å². The van der Waals surface area contributed by atoms with Crippen molar-refractivity contribution in [3.63, 3.8) is 0 Å².